The van der Waals surface area contributed by atoms with E-state index in [-0.39, 0.29) is 24.0 Å². The van der Waals surface area contributed by atoms with Crippen molar-refractivity contribution >= 4 is 41.3 Å². The fourth-order valence-corrected chi connectivity index (χ4v) is 4.37. The van der Waals surface area contributed by atoms with E-state index >= 15 is 0 Å². The van der Waals surface area contributed by atoms with Crippen LogP contribution >= 0.6 is 35.3 Å². The summed E-state index contributed by atoms with van der Waals surface area (Å²) in [5.41, 5.74) is 3.97. The fourth-order valence-electron chi connectivity index (χ4n) is 3.53. The van der Waals surface area contributed by atoms with Crippen molar-refractivity contribution in [2.24, 2.45) is 4.99 Å². The lowest BCUT2D eigenvalue weighted by Gasteiger charge is -2.20. The van der Waals surface area contributed by atoms with Gasteiger partial charge in [0.05, 0.1) is 13.1 Å². The third-order valence-electron chi connectivity index (χ3n) is 5.39. The smallest absolute Gasteiger partial charge is 0.191 e. The third-order valence-corrected chi connectivity index (χ3v) is 6.41. The molecule has 1 aliphatic heterocycles. The van der Waals surface area contributed by atoms with E-state index < -0.39 is 0 Å². The highest BCUT2D eigenvalue weighted by atomic mass is 127. The second kappa shape index (κ2) is 13.3. The molecule has 3 rings (SSSR count). The molecule has 7 heteroatoms. The van der Waals surface area contributed by atoms with E-state index in [1.165, 1.54) is 41.1 Å². The second-order valence-electron chi connectivity index (χ2n) is 7.82. The van der Waals surface area contributed by atoms with Gasteiger partial charge in [-0.05, 0) is 68.5 Å². The molecule has 0 unspecified atom stereocenters. The van der Waals surface area contributed by atoms with Gasteiger partial charge >= 0.3 is 0 Å². The molecule has 2 aromatic rings. The summed E-state index contributed by atoms with van der Waals surface area (Å²) < 4.78 is 0. The highest BCUT2D eigenvalue weighted by Gasteiger charge is 2.12. The Hall–Kier alpha value is -1.16. The maximum atomic E-state index is 4.76. The van der Waals surface area contributed by atoms with Crippen LogP contribution in [0.3, 0.4) is 0 Å². The Morgan fingerprint density at radius 2 is 1.80 bits per heavy atom. The van der Waals surface area contributed by atoms with Crippen LogP contribution in [0, 0.1) is 6.92 Å². The average molecular weight is 542 g/mol. The van der Waals surface area contributed by atoms with Crippen LogP contribution < -0.4 is 10.6 Å². The molecule has 1 aromatic carbocycles. The first-order valence-electron chi connectivity index (χ1n) is 10.7. The Kier molecular flexibility index (Phi) is 11.1. The van der Waals surface area contributed by atoms with E-state index in [1.54, 1.807) is 11.3 Å². The minimum atomic E-state index is 0. The number of hydrogen-bond acceptors (Lipinski definition) is 4. The van der Waals surface area contributed by atoms with E-state index in [2.05, 4.69) is 77.0 Å². The molecule has 1 aliphatic rings. The zero-order chi connectivity index (χ0) is 20.5. The molecule has 2 heterocycles. The molecule has 1 saturated heterocycles. The van der Waals surface area contributed by atoms with Crippen molar-refractivity contribution in [1.82, 2.24) is 20.4 Å². The lowest BCUT2D eigenvalue weighted by Crippen LogP contribution is -2.36. The number of benzene rings is 1. The van der Waals surface area contributed by atoms with Gasteiger partial charge in [-0.15, -0.1) is 35.3 Å². The first kappa shape index (κ1) is 25.1. The molecule has 0 radical (unpaired) electrons. The van der Waals surface area contributed by atoms with E-state index in [1.807, 2.05) is 0 Å². The molecule has 2 N–H and O–H groups in total. The van der Waals surface area contributed by atoms with Gasteiger partial charge in [-0.25, -0.2) is 4.99 Å². The largest absolute Gasteiger partial charge is 0.357 e. The summed E-state index contributed by atoms with van der Waals surface area (Å²) in [5, 5.41) is 8.93. The topological polar surface area (TPSA) is 42.9 Å². The quantitative estimate of drug-likeness (QED) is 0.315. The number of likely N-dealkylation sites (N-methyl/N-ethyl adjacent to an activating group) is 1. The second-order valence-corrected chi connectivity index (χ2v) is 8.83. The van der Waals surface area contributed by atoms with Crippen molar-refractivity contribution in [3.8, 4) is 0 Å². The molecule has 0 aliphatic carbocycles. The van der Waals surface area contributed by atoms with Crippen molar-refractivity contribution in [1.29, 1.82) is 0 Å². The number of rotatable bonds is 7. The molecule has 0 amide bonds. The molecule has 166 valence electrons. The SMILES string of the molecule is CCNC(=NCc1ccc(CN2CCCN(C)CC2)cc1)NCc1sccc1C.I. The lowest BCUT2D eigenvalue weighted by atomic mass is 10.1. The molecule has 0 spiro atoms. The van der Waals surface area contributed by atoms with Crippen LogP contribution in [0.25, 0.3) is 0 Å². The summed E-state index contributed by atoms with van der Waals surface area (Å²) in [6.07, 6.45) is 1.26. The van der Waals surface area contributed by atoms with Gasteiger partial charge < -0.3 is 15.5 Å². The van der Waals surface area contributed by atoms with Crippen molar-refractivity contribution in [3.63, 3.8) is 0 Å². The maximum absolute atomic E-state index is 4.76. The van der Waals surface area contributed by atoms with Crippen molar-refractivity contribution in [2.75, 3.05) is 39.8 Å². The van der Waals surface area contributed by atoms with Crippen LogP contribution in [0.2, 0.25) is 0 Å². The number of guanidine groups is 1. The molecule has 5 nitrogen and oxygen atoms in total. The predicted octanol–water partition coefficient (Wildman–Crippen LogP) is 4.07. The monoisotopic (exact) mass is 541 g/mol. The Morgan fingerprint density at radius 3 is 2.50 bits per heavy atom. The van der Waals surface area contributed by atoms with Gasteiger partial charge in [-0.3, -0.25) is 4.90 Å². The third kappa shape index (κ3) is 8.17. The normalized spacial score (nSPS) is 16.0. The minimum absolute atomic E-state index is 0. The van der Waals surface area contributed by atoms with Gasteiger partial charge in [-0.1, -0.05) is 24.3 Å². The standard InChI is InChI=1S/C23H35N5S.HI/c1-4-24-23(26-17-22-19(2)10-15-29-22)25-16-20-6-8-21(9-7-20)18-28-12-5-11-27(3)13-14-28;/h6-10,15H,4-5,11-14,16-18H2,1-3H3,(H2,24,25,26);1H. The fraction of sp³-hybridized carbons (Fsp3) is 0.522. The van der Waals surface area contributed by atoms with E-state index in [9.17, 15) is 0 Å². The Bertz CT molecular complexity index is 774. The van der Waals surface area contributed by atoms with Crippen LogP contribution in [0.5, 0.6) is 0 Å². The Balaban J connectivity index is 0.00000320. The Morgan fingerprint density at radius 1 is 1.03 bits per heavy atom. The predicted molar refractivity (Wildman–Crippen MR) is 140 cm³/mol. The van der Waals surface area contributed by atoms with Crippen LogP contribution in [0.4, 0.5) is 0 Å². The van der Waals surface area contributed by atoms with Crippen LogP contribution in [-0.2, 0) is 19.6 Å². The zero-order valence-corrected chi connectivity index (χ0v) is 21.6. The van der Waals surface area contributed by atoms with Gasteiger partial charge in [0.2, 0.25) is 0 Å². The molecule has 0 atom stereocenters. The molecule has 0 bridgehead atoms. The number of halogens is 1. The number of aryl methyl sites for hydroxylation is 1. The number of hydrogen-bond donors (Lipinski definition) is 2. The molecule has 0 saturated carbocycles. The van der Waals surface area contributed by atoms with Crippen LogP contribution in [0.15, 0.2) is 40.7 Å². The molecular formula is C23H36IN5S. The Labute approximate surface area is 203 Å². The van der Waals surface area contributed by atoms with Crippen LogP contribution in [-0.4, -0.2) is 55.5 Å². The number of thiophene rings is 1. The zero-order valence-electron chi connectivity index (χ0n) is 18.5. The average Bonchev–Trinajstić information content (AvgIpc) is 3.02. The number of nitrogens with one attached hydrogen (secondary N) is 2. The van der Waals surface area contributed by atoms with Crippen molar-refractivity contribution < 1.29 is 0 Å². The molecule has 30 heavy (non-hydrogen) atoms. The summed E-state index contributed by atoms with van der Waals surface area (Å²) in [4.78, 5) is 11.1. The lowest BCUT2D eigenvalue weighted by molar-refractivity contribution is 0.269. The number of aliphatic imine (C=N–C) groups is 1. The van der Waals surface area contributed by atoms with Crippen molar-refractivity contribution in [2.45, 2.75) is 39.9 Å². The highest BCUT2D eigenvalue weighted by Crippen LogP contribution is 2.15. The van der Waals surface area contributed by atoms with E-state index in [4.69, 9.17) is 4.99 Å². The van der Waals surface area contributed by atoms with Gasteiger partial charge in [0, 0.05) is 31.1 Å². The summed E-state index contributed by atoms with van der Waals surface area (Å²) in [5.74, 6) is 0.873. The number of nitrogens with zero attached hydrogens (tertiary/aromatic N) is 3. The van der Waals surface area contributed by atoms with E-state index in [0.717, 1.165) is 38.7 Å². The van der Waals surface area contributed by atoms with Crippen molar-refractivity contribution in [3.05, 3.63) is 57.3 Å². The summed E-state index contributed by atoms with van der Waals surface area (Å²) in [6.45, 7) is 12.4. The van der Waals surface area contributed by atoms with Crippen LogP contribution in [0.1, 0.15) is 34.9 Å². The first-order valence-corrected chi connectivity index (χ1v) is 11.6. The van der Waals surface area contributed by atoms with Gasteiger partial charge in [-0.2, -0.15) is 0 Å². The van der Waals surface area contributed by atoms with Gasteiger partial charge in [0.1, 0.15) is 0 Å². The highest BCUT2D eigenvalue weighted by molar-refractivity contribution is 14.0. The molecule has 1 aromatic heterocycles. The van der Waals surface area contributed by atoms with Gasteiger partial charge in [0.15, 0.2) is 5.96 Å². The first-order chi connectivity index (χ1) is 14.1. The maximum Gasteiger partial charge on any atom is 0.191 e. The summed E-state index contributed by atoms with van der Waals surface area (Å²) in [7, 11) is 2.22. The summed E-state index contributed by atoms with van der Waals surface area (Å²) >= 11 is 1.79. The minimum Gasteiger partial charge on any atom is -0.357 e. The molecular weight excluding hydrogens is 505 g/mol. The van der Waals surface area contributed by atoms with Gasteiger partial charge in [0.25, 0.3) is 0 Å². The molecule has 1 fully saturated rings. The van der Waals surface area contributed by atoms with E-state index in [0.29, 0.717) is 6.54 Å². The summed E-state index contributed by atoms with van der Waals surface area (Å²) in [6, 6.07) is 11.1.